The molecule has 1 rings (SSSR count). The van der Waals surface area contributed by atoms with Gasteiger partial charge in [0.2, 0.25) is 0 Å². The van der Waals surface area contributed by atoms with Crippen LogP contribution < -0.4 is 5.73 Å². The normalized spacial score (nSPS) is 10.1. The van der Waals surface area contributed by atoms with E-state index in [1.807, 2.05) is 12.1 Å². The zero-order chi connectivity index (χ0) is 8.43. The molecule has 2 N–H and O–H groups in total. The molecular weight excluding hydrogens is 270 g/mol. The maximum Gasteiger partial charge on any atom is 0.0491 e. The minimum Gasteiger partial charge on any atom is -0.398 e. The molecule has 0 bridgehead atoms. The van der Waals surface area contributed by atoms with E-state index < -0.39 is 0 Å². The van der Waals surface area contributed by atoms with Crippen LogP contribution in [0, 0.1) is 0 Å². The van der Waals surface area contributed by atoms with E-state index in [2.05, 4.69) is 38.8 Å². The lowest BCUT2D eigenvalue weighted by atomic mass is 10.1. The van der Waals surface area contributed by atoms with Crippen molar-refractivity contribution < 1.29 is 0 Å². The van der Waals surface area contributed by atoms with Gasteiger partial charge in [0, 0.05) is 14.6 Å². The molecule has 0 radical (unpaired) electrons. The van der Waals surface area contributed by atoms with Crippen molar-refractivity contribution in [3.63, 3.8) is 0 Å². The highest BCUT2D eigenvalue weighted by atomic mass is 79.9. The molecule has 0 amide bonds. The molecule has 60 valence electrons. The van der Waals surface area contributed by atoms with Gasteiger partial charge in [-0.1, -0.05) is 22.9 Å². The third kappa shape index (κ3) is 1.97. The summed E-state index contributed by atoms with van der Waals surface area (Å²) in [5.74, 6) is 0. The van der Waals surface area contributed by atoms with Crippen LogP contribution in [0.2, 0.25) is 0 Å². The lowest BCUT2D eigenvalue weighted by Crippen LogP contribution is -1.93. The maximum atomic E-state index is 5.79. The average molecular weight is 279 g/mol. The minimum absolute atomic E-state index is 0.843. The minimum atomic E-state index is 0.843. The molecule has 0 aromatic heterocycles. The quantitative estimate of drug-likeness (QED) is 0.784. The first-order valence-corrected chi connectivity index (χ1v) is 4.97. The van der Waals surface area contributed by atoms with Gasteiger partial charge in [-0.25, -0.2) is 0 Å². The Hall–Kier alpha value is -0.0200. The Morgan fingerprint density at radius 3 is 2.55 bits per heavy atom. The van der Waals surface area contributed by atoms with Gasteiger partial charge in [0.15, 0.2) is 0 Å². The van der Waals surface area contributed by atoms with E-state index in [9.17, 15) is 0 Å². The Kier molecular flexibility index (Phi) is 2.96. The molecule has 11 heavy (non-hydrogen) atoms. The predicted molar refractivity (Wildman–Crippen MR) is 55.6 cm³/mol. The molecule has 0 aliphatic heterocycles. The summed E-state index contributed by atoms with van der Waals surface area (Å²) in [5, 5.41) is 0. The fourth-order valence-corrected chi connectivity index (χ4v) is 2.24. The fourth-order valence-electron chi connectivity index (χ4n) is 0.931. The highest BCUT2D eigenvalue weighted by molar-refractivity contribution is 9.11. The fraction of sp³-hybridized carbons (Fsp3) is 0.250. The van der Waals surface area contributed by atoms with E-state index in [1.54, 1.807) is 0 Å². The lowest BCUT2D eigenvalue weighted by Gasteiger charge is -2.05. The van der Waals surface area contributed by atoms with Crippen molar-refractivity contribution in [2.75, 3.05) is 5.73 Å². The van der Waals surface area contributed by atoms with Crippen molar-refractivity contribution in [1.29, 1.82) is 0 Å². The summed E-state index contributed by atoms with van der Waals surface area (Å²) in [4.78, 5) is 0. The Morgan fingerprint density at radius 2 is 2.00 bits per heavy atom. The number of hydrogen-bond donors (Lipinski definition) is 1. The molecule has 0 saturated heterocycles. The first-order valence-electron chi connectivity index (χ1n) is 3.38. The van der Waals surface area contributed by atoms with Gasteiger partial charge in [0.25, 0.3) is 0 Å². The van der Waals surface area contributed by atoms with E-state index in [-0.39, 0.29) is 0 Å². The van der Waals surface area contributed by atoms with Crippen LogP contribution in [0.3, 0.4) is 0 Å². The molecule has 0 saturated carbocycles. The van der Waals surface area contributed by atoms with Crippen LogP contribution in [-0.4, -0.2) is 0 Å². The largest absolute Gasteiger partial charge is 0.398 e. The molecule has 1 aromatic carbocycles. The number of nitrogen functional groups attached to an aromatic ring is 1. The summed E-state index contributed by atoms with van der Waals surface area (Å²) in [5.41, 5.74) is 7.81. The zero-order valence-electron chi connectivity index (χ0n) is 6.20. The van der Waals surface area contributed by atoms with Gasteiger partial charge in [-0.3, -0.25) is 0 Å². The smallest absolute Gasteiger partial charge is 0.0491 e. The molecule has 0 aliphatic carbocycles. The Bertz CT molecular complexity index is 271. The number of rotatable bonds is 1. The number of hydrogen-bond acceptors (Lipinski definition) is 1. The van der Waals surface area contributed by atoms with Crippen LogP contribution in [0.5, 0.6) is 0 Å². The second kappa shape index (κ2) is 3.59. The highest BCUT2D eigenvalue weighted by Crippen LogP contribution is 2.28. The maximum absolute atomic E-state index is 5.79. The van der Waals surface area contributed by atoms with Gasteiger partial charge < -0.3 is 5.73 Å². The molecule has 3 heteroatoms. The Labute approximate surface area is 83.2 Å². The first kappa shape index (κ1) is 9.07. The topological polar surface area (TPSA) is 26.0 Å². The third-order valence-corrected chi connectivity index (χ3v) is 2.67. The lowest BCUT2D eigenvalue weighted by molar-refractivity contribution is 1.14. The Balaban J connectivity index is 3.24. The molecule has 1 nitrogen and oxygen atoms in total. The van der Waals surface area contributed by atoms with Crippen LogP contribution in [0.1, 0.15) is 12.5 Å². The summed E-state index contributed by atoms with van der Waals surface area (Å²) in [6.45, 7) is 2.09. The number of anilines is 1. The van der Waals surface area contributed by atoms with Crippen molar-refractivity contribution in [2.24, 2.45) is 0 Å². The first-order chi connectivity index (χ1) is 5.15. The summed E-state index contributed by atoms with van der Waals surface area (Å²) >= 11 is 6.79. The number of nitrogens with two attached hydrogens (primary N) is 1. The molecule has 0 heterocycles. The standard InChI is InChI=1S/C8H9Br2N/c1-2-5-3-6(9)4-7(10)8(5)11/h3-4H,2,11H2,1H3. The van der Waals surface area contributed by atoms with E-state index in [1.165, 1.54) is 5.56 Å². The van der Waals surface area contributed by atoms with Crippen molar-refractivity contribution in [2.45, 2.75) is 13.3 Å². The third-order valence-electron chi connectivity index (χ3n) is 1.56. The SMILES string of the molecule is CCc1cc(Br)cc(Br)c1N. The molecule has 1 aromatic rings. The molecule has 0 aliphatic rings. The molecule has 0 atom stereocenters. The van der Waals surface area contributed by atoms with Crippen LogP contribution in [0.4, 0.5) is 5.69 Å². The van der Waals surface area contributed by atoms with Crippen molar-refractivity contribution in [3.8, 4) is 0 Å². The summed E-state index contributed by atoms with van der Waals surface area (Å²) in [7, 11) is 0. The molecule has 0 spiro atoms. The summed E-state index contributed by atoms with van der Waals surface area (Å²) in [6.07, 6.45) is 0.962. The van der Waals surface area contributed by atoms with Crippen molar-refractivity contribution >= 4 is 37.5 Å². The number of benzene rings is 1. The van der Waals surface area contributed by atoms with E-state index >= 15 is 0 Å². The Morgan fingerprint density at radius 1 is 1.36 bits per heavy atom. The molecular formula is C8H9Br2N. The summed E-state index contributed by atoms with van der Waals surface area (Å²) < 4.78 is 2.03. The van der Waals surface area contributed by atoms with E-state index in [0.29, 0.717) is 0 Å². The average Bonchev–Trinajstić information content (AvgIpc) is 1.96. The van der Waals surface area contributed by atoms with Gasteiger partial charge in [-0.2, -0.15) is 0 Å². The number of halogens is 2. The molecule has 0 unspecified atom stereocenters. The van der Waals surface area contributed by atoms with Gasteiger partial charge in [-0.15, -0.1) is 0 Å². The zero-order valence-corrected chi connectivity index (χ0v) is 9.37. The van der Waals surface area contributed by atoms with Crippen molar-refractivity contribution in [3.05, 3.63) is 26.6 Å². The van der Waals surface area contributed by atoms with Crippen LogP contribution >= 0.6 is 31.9 Å². The van der Waals surface area contributed by atoms with E-state index in [4.69, 9.17) is 5.73 Å². The second-order valence-electron chi connectivity index (χ2n) is 2.31. The monoisotopic (exact) mass is 277 g/mol. The van der Waals surface area contributed by atoms with Gasteiger partial charge in [0.1, 0.15) is 0 Å². The van der Waals surface area contributed by atoms with Crippen molar-refractivity contribution in [1.82, 2.24) is 0 Å². The molecule has 0 fully saturated rings. The van der Waals surface area contributed by atoms with Gasteiger partial charge >= 0.3 is 0 Å². The van der Waals surface area contributed by atoms with Crippen LogP contribution in [0.15, 0.2) is 21.1 Å². The second-order valence-corrected chi connectivity index (χ2v) is 4.08. The van der Waals surface area contributed by atoms with E-state index in [0.717, 1.165) is 21.1 Å². The van der Waals surface area contributed by atoms with Gasteiger partial charge in [-0.05, 0) is 40.0 Å². The predicted octanol–water partition coefficient (Wildman–Crippen LogP) is 3.36. The van der Waals surface area contributed by atoms with Gasteiger partial charge in [0.05, 0.1) is 0 Å². The van der Waals surface area contributed by atoms with Crippen LogP contribution in [-0.2, 0) is 6.42 Å². The summed E-state index contributed by atoms with van der Waals surface area (Å²) in [6, 6.07) is 3.99. The number of aryl methyl sites for hydroxylation is 1. The van der Waals surface area contributed by atoms with Crippen LogP contribution in [0.25, 0.3) is 0 Å². The highest BCUT2D eigenvalue weighted by Gasteiger charge is 2.02.